The maximum atomic E-state index is 13.1. The highest BCUT2D eigenvalue weighted by Crippen LogP contribution is 2.45. The van der Waals surface area contributed by atoms with Crippen molar-refractivity contribution < 1.29 is 80.2 Å². The number of carbonyl (C=O) groups is 4. The van der Waals surface area contributed by atoms with Crippen LogP contribution in [-0.2, 0) is 65.4 Å². The number of carbonyl (C=O) groups excluding carboxylic acids is 4. The molecule has 0 saturated carbocycles. The van der Waals surface area contributed by atoms with Crippen LogP contribution in [0.15, 0.2) is 0 Å². The number of ether oxygens (including phenoxy) is 4. The second kappa shape index (κ2) is 74.8. The number of aliphatic hydroxyl groups excluding tert-OH is 1. The fourth-order valence-corrected chi connectivity index (χ4v) is 14.9. The quantitative estimate of drug-likeness (QED) is 0.0222. The first-order valence-electron chi connectivity index (χ1n) is 44.2. The first-order valence-corrected chi connectivity index (χ1v) is 47.2. The van der Waals surface area contributed by atoms with Gasteiger partial charge in [-0.3, -0.25) is 37.3 Å². The fraction of sp³-hybridized carbons (Fsp3) is 0.953. The molecule has 0 amide bonds. The highest BCUT2D eigenvalue weighted by molar-refractivity contribution is 7.47. The summed E-state index contributed by atoms with van der Waals surface area (Å²) in [6.07, 6.45) is 64.2. The minimum Gasteiger partial charge on any atom is -0.462 e. The van der Waals surface area contributed by atoms with E-state index in [-0.39, 0.29) is 25.7 Å². The highest BCUT2D eigenvalue weighted by atomic mass is 31.2. The number of phosphoric acid groups is 2. The van der Waals surface area contributed by atoms with E-state index >= 15 is 0 Å². The van der Waals surface area contributed by atoms with Gasteiger partial charge in [-0.2, -0.15) is 0 Å². The van der Waals surface area contributed by atoms with E-state index in [0.717, 1.165) is 114 Å². The predicted octanol–water partition coefficient (Wildman–Crippen LogP) is 25.9. The molecule has 0 aromatic rings. The number of hydrogen-bond donors (Lipinski definition) is 3. The zero-order valence-corrected chi connectivity index (χ0v) is 71.2. The third-order valence-electron chi connectivity index (χ3n) is 20.1. The maximum absolute atomic E-state index is 13.1. The van der Waals surface area contributed by atoms with Gasteiger partial charge in [-0.05, 0) is 49.4 Å². The molecule has 0 spiro atoms. The number of rotatable bonds is 83. The largest absolute Gasteiger partial charge is 0.472 e. The molecule has 0 aliphatic heterocycles. The molecule has 0 heterocycles. The zero-order chi connectivity index (χ0) is 77.4. The van der Waals surface area contributed by atoms with Gasteiger partial charge in [-0.15, -0.1) is 0 Å². The summed E-state index contributed by atoms with van der Waals surface area (Å²) in [6, 6.07) is 0. The number of esters is 4. The molecule has 0 fully saturated rings. The number of unbranched alkanes of at least 4 members (excludes halogenated alkanes) is 49. The lowest BCUT2D eigenvalue weighted by atomic mass is 10.0. The van der Waals surface area contributed by atoms with E-state index in [1.54, 1.807) is 0 Å². The van der Waals surface area contributed by atoms with Crippen molar-refractivity contribution in [2.45, 2.75) is 465 Å². The van der Waals surface area contributed by atoms with E-state index in [4.69, 9.17) is 37.0 Å². The van der Waals surface area contributed by atoms with Gasteiger partial charge in [0.05, 0.1) is 26.4 Å². The molecule has 3 N–H and O–H groups in total. The lowest BCUT2D eigenvalue weighted by Gasteiger charge is -2.21. The summed E-state index contributed by atoms with van der Waals surface area (Å²) in [4.78, 5) is 73.1. The minimum atomic E-state index is -4.97. The van der Waals surface area contributed by atoms with E-state index in [0.29, 0.717) is 31.6 Å². The highest BCUT2D eigenvalue weighted by Gasteiger charge is 2.30. The maximum Gasteiger partial charge on any atom is 0.472 e. The van der Waals surface area contributed by atoms with Gasteiger partial charge in [0.2, 0.25) is 0 Å². The Balaban J connectivity index is 5.20. The van der Waals surface area contributed by atoms with Gasteiger partial charge < -0.3 is 33.8 Å². The Labute approximate surface area is 645 Å². The van der Waals surface area contributed by atoms with Crippen molar-refractivity contribution >= 4 is 39.5 Å². The molecule has 0 aliphatic rings. The normalized spacial score (nSPS) is 13.9. The molecule has 17 nitrogen and oxygen atoms in total. The minimum absolute atomic E-state index is 0.105. The molecular formula is C86H168O17P2. The molecule has 0 rings (SSSR count). The van der Waals surface area contributed by atoms with Crippen LogP contribution in [0.4, 0.5) is 0 Å². The molecule has 0 saturated heterocycles. The third kappa shape index (κ3) is 79.9. The van der Waals surface area contributed by atoms with Gasteiger partial charge in [0.25, 0.3) is 0 Å². The Bertz CT molecular complexity index is 2040. The van der Waals surface area contributed by atoms with E-state index in [2.05, 4.69) is 55.4 Å². The first kappa shape index (κ1) is 103. The molecule has 624 valence electrons. The summed E-state index contributed by atoms with van der Waals surface area (Å²) < 4.78 is 68.8. The monoisotopic (exact) mass is 1540 g/mol. The fourth-order valence-electron chi connectivity index (χ4n) is 13.3. The SMILES string of the molecule is CC(C)CCCCCCCCCCCCCCCCCCCCC(=O)OC[C@H](COP(=O)(O)OC[C@@H](O)COP(=O)(O)OC[C@@H](COC(=O)CCCCCCCCC(C)C)OC(=O)CCCCCCCCCCCCCC(C)C)OC(=O)CCCCCCCCCCCCCCCCCCCCC(C)C. The van der Waals surface area contributed by atoms with Crippen LogP contribution in [0, 0.1) is 23.7 Å². The van der Waals surface area contributed by atoms with E-state index in [9.17, 15) is 43.2 Å². The topological polar surface area (TPSA) is 237 Å². The second-order valence-electron chi connectivity index (χ2n) is 32.8. The van der Waals surface area contributed by atoms with E-state index < -0.39 is 97.5 Å². The molecule has 5 atom stereocenters. The molecule has 19 heteroatoms. The molecular weight excluding hydrogens is 1370 g/mol. The van der Waals surface area contributed by atoms with Crippen LogP contribution in [0.3, 0.4) is 0 Å². The molecule has 2 unspecified atom stereocenters. The summed E-state index contributed by atoms with van der Waals surface area (Å²) in [7, 11) is -9.93. The van der Waals surface area contributed by atoms with Crippen molar-refractivity contribution in [3.8, 4) is 0 Å². The average Bonchev–Trinajstić information content (AvgIpc) is 0.921. The molecule has 105 heavy (non-hydrogen) atoms. The molecule has 0 bridgehead atoms. The Morgan fingerprint density at radius 3 is 0.590 bits per heavy atom. The lowest BCUT2D eigenvalue weighted by Crippen LogP contribution is -2.30. The molecule has 0 radical (unpaired) electrons. The van der Waals surface area contributed by atoms with Gasteiger partial charge in [0, 0.05) is 25.7 Å². The van der Waals surface area contributed by atoms with Gasteiger partial charge in [0.15, 0.2) is 12.2 Å². The van der Waals surface area contributed by atoms with Crippen molar-refractivity contribution in [3.05, 3.63) is 0 Å². The summed E-state index contributed by atoms with van der Waals surface area (Å²) in [5.74, 6) is 0.977. The molecule has 0 aliphatic carbocycles. The Hall–Kier alpha value is -1.94. The molecule has 0 aromatic carbocycles. The van der Waals surface area contributed by atoms with Crippen molar-refractivity contribution in [1.82, 2.24) is 0 Å². The zero-order valence-electron chi connectivity index (χ0n) is 69.4. The van der Waals surface area contributed by atoms with Crippen LogP contribution in [-0.4, -0.2) is 96.7 Å². The van der Waals surface area contributed by atoms with Crippen LogP contribution in [0.5, 0.6) is 0 Å². The van der Waals surface area contributed by atoms with Gasteiger partial charge in [-0.1, -0.05) is 396 Å². The Morgan fingerprint density at radius 2 is 0.400 bits per heavy atom. The summed E-state index contributed by atoms with van der Waals surface area (Å²) in [5.41, 5.74) is 0. The smallest absolute Gasteiger partial charge is 0.462 e. The number of aliphatic hydroxyl groups is 1. The number of phosphoric ester groups is 2. The van der Waals surface area contributed by atoms with Gasteiger partial charge in [0.1, 0.15) is 19.3 Å². The van der Waals surface area contributed by atoms with Crippen LogP contribution in [0.25, 0.3) is 0 Å². The van der Waals surface area contributed by atoms with Gasteiger partial charge in [-0.25, -0.2) is 9.13 Å². The van der Waals surface area contributed by atoms with E-state index in [1.165, 1.54) is 244 Å². The predicted molar refractivity (Wildman–Crippen MR) is 432 cm³/mol. The van der Waals surface area contributed by atoms with Crippen molar-refractivity contribution in [1.29, 1.82) is 0 Å². The Morgan fingerprint density at radius 1 is 0.238 bits per heavy atom. The van der Waals surface area contributed by atoms with Crippen LogP contribution in [0.2, 0.25) is 0 Å². The summed E-state index contributed by atoms with van der Waals surface area (Å²) in [5, 5.41) is 10.7. The first-order chi connectivity index (χ1) is 50.6. The van der Waals surface area contributed by atoms with Crippen LogP contribution < -0.4 is 0 Å². The van der Waals surface area contributed by atoms with Crippen molar-refractivity contribution in [2.75, 3.05) is 39.6 Å². The average molecular weight is 1540 g/mol. The van der Waals surface area contributed by atoms with Crippen LogP contribution >= 0.6 is 15.6 Å². The summed E-state index contributed by atoms with van der Waals surface area (Å²) >= 11 is 0. The summed E-state index contributed by atoms with van der Waals surface area (Å²) in [6.45, 7) is 14.3. The standard InChI is InChI=1S/C86H168O17P2/c1-76(2)62-54-46-38-32-26-21-17-13-9-11-15-19-23-29-35-41-50-58-66-83(88)96-72-81(102-85(90)68-60-52-42-36-30-24-20-16-12-10-14-18-22-27-33-39-47-55-63-77(3)4)74-100-104(92,93)98-70-80(87)71-99-105(94,95)101-75-82(73-97-84(89)67-59-51-45-44-49-57-65-79(7)8)103-86(91)69-61-53-43-37-31-25-28-34-40-48-56-64-78(5)6/h76-82,87H,9-75H2,1-8H3,(H,92,93)(H,94,95)/t80-,81-,82-/m1/s1. The van der Waals surface area contributed by atoms with Crippen molar-refractivity contribution in [3.63, 3.8) is 0 Å². The number of hydrogen-bond acceptors (Lipinski definition) is 15. The van der Waals surface area contributed by atoms with Crippen LogP contribution in [0.1, 0.15) is 447 Å². The lowest BCUT2D eigenvalue weighted by molar-refractivity contribution is -0.161. The second-order valence-corrected chi connectivity index (χ2v) is 35.7. The third-order valence-corrected chi connectivity index (χ3v) is 22.0. The Kier molecular flexibility index (Phi) is 73.4. The van der Waals surface area contributed by atoms with Gasteiger partial charge >= 0.3 is 39.5 Å². The molecule has 0 aromatic heterocycles. The van der Waals surface area contributed by atoms with Crippen molar-refractivity contribution in [2.24, 2.45) is 23.7 Å². The van der Waals surface area contributed by atoms with E-state index in [1.807, 2.05) is 0 Å².